The number of nitrogens with one attached hydrogen (secondary N) is 2. The van der Waals surface area contributed by atoms with Crippen LogP contribution < -0.4 is 15.4 Å². The molecular weight excluding hydrogens is 274 g/mol. The van der Waals surface area contributed by atoms with Crippen LogP contribution >= 0.6 is 0 Å². The van der Waals surface area contributed by atoms with Crippen LogP contribution in [0.5, 0.6) is 5.75 Å². The van der Waals surface area contributed by atoms with Gasteiger partial charge in [0, 0.05) is 18.6 Å². The number of piperidine rings is 1. The summed E-state index contributed by atoms with van der Waals surface area (Å²) in [6.45, 7) is 1.29. The van der Waals surface area contributed by atoms with E-state index in [1.165, 1.54) is 19.3 Å². The maximum atomic E-state index is 12.1. The fraction of sp³-hybridized carbons (Fsp3) is 0.625. The summed E-state index contributed by atoms with van der Waals surface area (Å²) in [6, 6.07) is 7.83. The molecule has 0 spiro atoms. The number of ether oxygens (including phenoxy) is 1. The molecule has 0 aromatic heterocycles. The van der Waals surface area contributed by atoms with Gasteiger partial charge in [0.1, 0.15) is 5.75 Å². The molecule has 1 heterocycles. The third-order valence-electron chi connectivity index (χ3n) is 3.85. The fourth-order valence-electron chi connectivity index (χ4n) is 2.72. The van der Waals surface area contributed by atoms with Gasteiger partial charge in [0.15, 0.2) is 0 Å². The summed E-state index contributed by atoms with van der Waals surface area (Å²) in [4.78, 5) is 0. The highest BCUT2D eigenvalue weighted by atomic mass is 19.3. The summed E-state index contributed by atoms with van der Waals surface area (Å²) in [6.07, 6.45) is 4.97. The first kappa shape index (κ1) is 16.2. The molecule has 3 nitrogen and oxygen atoms in total. The smallest absolute Gasteiger partial charge is 0.387 e. The van der Waals surface area contributed by atoms with Gasteiger partial charge >= 0.3 is 6.61 Å². The minimum atomic E-state index is -2.77. The lowest BCUT2D eigenvalue weighted by Gasteiger charge is -2.26. The Morgan fingerprint density at radius 3 is 2.67 bits per heavy atom. The topological polar surface area (TPSA) is 33.3 Å². The molecule has 1 aromatic rings. The molecule has 1 saturated heterocycles. The van der Waals surface area contributed by atoms with Crippen LogP contribution in [0.25, 0.3) is 0 Å². The maximum absolute atomic E-state index is 12.1. The molecule has 0 radical (unpaired) electrons. The van der Waals surface area contributed by atoms with Gasteiger partial charge in [0.05, 0.1) is 0 Å². The molecule has 0 aliphatic carbocycles. The van der Waals surface area contributed by atoms with Crippen LogP contribution in [-0.2, 0) is 6.54 Å². The minimum Gasteiger partial charge on any atom is -0.435 e. The summed E-state index contributed by atoms with van der Waals surface area (Å²) in [5.74, 6) is 0.202. The molecule has 2 rings (SSSR count). The Morgan fingerprint density at radius 1 is 1.29 bits per heavy atom. The fourth-order valence-corrected chi connectivity index (χ4v) is 2.72. The highest BCUT2D eigenvalue weighted by Crippen LogP contribution is 2.15. The second-order valence-electron chi connectivity index (χ2n) is 5.69. The standard InChI is InChI=1S/C16H24F2N2O/c1-12(10-14-4-2-3-9-19-14)20-11-13-5-7-15(8-6-13)21-16(17)18/h5-8,12,14,16,19-20H,2-4,9-11H2,1H3. The Labute approximate surface area is 125 Å². The van der Waals surface area contributed by atoms with Crippen molar-refractivity contribution in [1.82, 2.24) is 10.6 Å². The number of rotatable bonds is 7. The molecule has 0 saturated carbocycles. The van der Waals surface area contributed by atoms with E-state index in [0.717, 1.165) is 25.1 Å². The summed E-state index contributed by atoms with van der Waals surface area (Å²) in [7, 11) is 0. The van der Waals surface area contributed by atoms with E-state index in [9.17, 15) is 8.78 Å². The number of halogens is 2. The highest BCUT2D eigenvalue weighted by molar-refractivity contribution is 5.27. The molecule has 5 heteroatoms. The third kappa shape index (κ3) is 5.98. The average Bonchev–Trinajstić information content (AvgIpc) is 2.47. The summed E-state index contributed by atoms with van der Waals surface area (Å²) < 4.78 is 28.4. The van der Waals surface area contributed by atoms with Crippen LogP contribution in [0.4, 0.5) is 8.78 Å². The first-order valence-corrected chi connectivity index (χ1v) is 7.64. The molecule has 118 valence electrons. The zero-order chi connectivity index (χ0) is 15.1. The number of alkyl halides is 2. The number of hydrogen-bond acceptors (Lipinski definition) is 3. The lowest BCUT2D eigenvalue weighted by Crippen LogP contribution is -2.39. The van der Waals surface area contributed by atoms with E-state index in [2.05, 4.69) is 22.3 Å². The average molecular weight is 298 g/mol. The first-order valence-electron chi connectivity index (χ1n) is 7.64. The number of benzene rings is 1. The Hall–Kier alpha value is -1.20. The van der Waals surface area contributed by atoms with E-state index < -0.39 is 6.61 Å². The predicted octanol–water partition coefficient (Wildman–Crippen LogP) is 3.30. The Kier molecular flexibility index (Phi) is 6.39. The lowest BCUT2D eigenvalue weighted by atomic mass is 9.99. The molecule has 0 amide bonds. The van der Waals surface area contributed by atoms with E-state index in [4.69, 9.17) is 0 Å². The molecule has 2 unspecified atom stereocenters. The Balaban J connectivity index is 1.71. The van der Waals surface area contributed by atoms with Crippen molar-refractivity contribution in [2.75, 3.05) is 6.54 Å². The van der Waals surface area contributed by atoms with Crippen molar-refractivity contribution in [3.63, 3.8) is 0 Å². The van der Waals surface area contributed by atoms with Crippen molar-refractivity contribution in [2.24, 2.45) is 0 Å². The maximum Gasteiger partial charge on any atom is 0.387 e. The molecule has 1 aliphatic heterocycles. The normalized spacial score (nSPS) is 20.5. The number of hydrogen-bond donors (Lipinski definition) is 2. The van der Waals surface area contributed by atoms with Crippen LogP contribution in [0.1, 0.15) is 38.2 Å². The third-order valence-corrected chi connectivity index (χ3v) is 3.85. The van der Waals surface area contributed by atoms with Crippen molar-refractivity contribution < 1.29 is 13.5 Å². The van der Waals surface area contributed by atoms with Gasteiger partial charge < -0.3 is 15.4 Å². The van der Waals surface area contributed by atoms with Gasteiger partial charge in [0.25, 0.3) is 0 Å². The van der Waals surface area contributed by atoms with E-state index >= 15 is 0 Å². The highest BCUT2D eigenvalue weighted by Gasteiger charge is 2.15. The van der Waals surface area contributed by atoms with Crippen LogP contribution in [0.15, 0.2) is 24.3 Å². The molecule has 0 bridgehead atoms. The van der Waals surface area contributed by atoms with Crippen LogP contribution in [0, 0.1) is 0 Å². The molecule has 1 aliphatic rings. The molecule has 1 aromatic carbocycles. The van der Waals surface area contributed by atoms with E-state index in [0.29, 0.717) is 12.1 Å². The monoisotopic (exact) mass is 298 g/mol. The van der Waals surface area contributed by atoms with E-state index in [-0.39, 0.29) is 5.75 Å². The van der Waals surface area contributed by atoms with Gasteiger partial charge in [-0.05, 0) is 50.4 Å². The lowest BCUT2D eigenvalue weighted by molar-refractivity contribution is -0.0498. The van der Waals surface area contributed by atoms with Crippen molar-refractivity contribution in [3.8, 4) is 5.75 Å². The quantitative estimate of drug-likeness (QED) is 0.810. The largest absolute Gasteiger partial charge is 0.435 e. The minimum absolute atomic E-state index is 0.202. The van der Waals surface area contributed by atoms with Gasteiger partial charge in [-0.1, -0.05) is 18.6 Å². The second-order valence-corrected chi connectivity index (χ2v) is 5.69. The molecule has 1 fully saturated rings. The molecular formula is C16H24F2N2O. The van der Waals surface area contributed by atoms with Crippen molar-refractivity contribution in [2.45, 2.75) is 57.8 Å². The van der Waals surface area contributed by atoms with E-state index in [1.54, 1.807) is 12.1 Å². The summed E-state index contributed by atoms with van der Waals surface area (Å²) in [5, 5.41) is 7.02. The van der Waals surface area contributed by atoms with Crippen LogP contribution in [0.3, 0.4) is 0 Å². The molecule has 21 heavy (non-hydrogen) atoms. The van der Waals surface area contributed by atoms with Gasteiger partial charge in [-0.25, -0.2) is 0 Å². The second kappa shape index (κ2) is 8.29. The predicted molar refractivity (Wildman–Crippen MR) is 79.6 cm³/mol. The Bertz CT molecular complexity index is 405. The zero-order valence-electron chi connectivity index (χ0n) is 12.4. The molecule has 2 atom stereocenters. The summed E-state index contributed by atoms with van der Waals surface area (Å²) in [5.41, 5.74) is 1.07. The SMILES string of the molecule is CC(CC1CCCCN1)NCc1ccc(OC(F)F)cc1. The van der Waals surface area contributed by atoms with Crippen molar-refractivity contribution in [1.29, 1.82) is 0 Å². The zero-order valence-corrected chi connectivity index (χ0v) is 12.4. The van der Waals surface area contributed by atoms with Gasteiger partial charge in [-0.15, -0.1) is 0 Å². The van der Waals surface area contributed by atoms with Crippen LogP contribution in [-0.4, -0.2) is 25.2 Å². The van der Waals surface area contributed by atoms with Gasteiger partial charge in [-0.3, -0.25) is 0 Å². The van der Waals surface area contributed by atoms with Crippen molar-refractivity contribution in [3.05, 3.63) is 29.8 Å². The molecule has 2 N–H and O–H groups in total. The first-order chi connectivity index (χ1) is 10.1. The Morgan fingerprint density at radius 2 is 2.05 bits per heavy atom. The van der Waals surface area contributed by atoms with Crippen molar-refractivity contribution >= 4 is 0 Å². The van der Waals surface area contributed by atoms with Gasteiger partial charge in [-0.2, -0.15) is 8.78 Å². The van der Waals surface area contributed by atoms with Crippen LogP contribution in [0.2, 0.25) is 0 Å². The van der Waals surface area contributed by atoms with Gasteiger partial charge in [0.2, 0.25) is 0 Å². The van der Waals surface area contributed by atoms with E-state index in [1.807, 2.05) is 12.1 Å². The summed E-state index contributed by atoms with van der Waals surface area (Å²) >= 11 is 0.